The lowest BCUT2D eigenvalue weighted by Gasteiger charge is -2.32. The summed E-state index contributed by atoms with van der Waals surface area (Å²) >= 11 is 0. The molecule has 130 valence electrons. The normalized spacial score (nSPS) is 17.5. The average Bonchev–Trinajstić information content (AvgIpc) is 2.47. The Bertz CT molecular complexity index is 463. The summed E-state index contributed by atoms with van der Waals surface area (Å²) in [6, 6.07) is 7.67. The van der Waals surface area contributed by atoms with Crippen molar-refractivity contribution >= 4 is 0 Å². The van der Waals surface area contributed by atoms with E-state index in [0.29, 0.717) is 6.54 Å². The fourth-order valence-corrected chi connectivity index (χ4v) is 2.66. The number of likely N-dealkylation sites (tertiary alicyclic amines) is 1. The van der Waals surface area contributed by atoms with Crippen molar-refractivity contribution in [2.75, 3.05) is 19.6 Å². The van der Waals surface area contributed by atoms with E-state index in [4.69, 9.17) is 9.47 Å². The van der Waals surface area contributed by atoms with Crippen molar-refractivity contribution in [3.05, 3.63) is 24.3 Å². The highest BCUT2D eigenvalue weighted by Crippen LogP contribution is 2.24. The van der Waals surface area contributed by atoms with E-state index in [1.165, 1.54) is 0 Å². The second-order valence-electron chi connectivity index (χ2n) is 7.02. The van der Waals surface area contributed by atoms with Gasteiger partial charge in [0.05, 0.1) is 0 Å². The summed E-state index contributed by atoms with van der Waals surface area (Å²) in [6.45, 7) is 8.16. The van der Waals surface area contributed by atoms with Crippen LogP contribution in [0.25, 0.3) is 0 Å². The second kappa shape index (κ2) is 7.95. The first-order valence-corrected chi connectivity index (χ1v) is 8.28. The lowest BCUT2D eigenvalue weighted by Crippen LogP contribution is -2.39. The van der Waals surface area contributed by atoms with Crippen LogP contribution in [0.2, 0.25) is 0 Å². The molecule has 1 heterocycles. The van der Waals surface area contributed by atoms with Crippen LogP contribution in [0.15, 0.2) is 24.3 Å². The first kappa shape index (κ1) is 18.0. The van der Waals surface area contributed by atoms with E-state index in [2.05, 4.69) is 4.90 Å². The summed E-state index contributed by atoms with van der Waals surface area (Å²) in [5.41, 5.74) is -0.215. The van der Waals surface area contributed by atoms with Gasteiger partial charge in [0.1, 0.15) is 23.2 Å². The van der Waals surface area contributed by atoms with Crippen molar-refractivity contribution < 1.29 is 18.3 Å². The molecule has 0 bridgehead atoms. The van der Waals surface area contributed by atoms with Crippen LogP contribution >= 0.6 is 0 Å². The zero-order valence-electron chi connectivity index (χ0n) is 14.2. The van der Waals surface area contributed by atoms with Crippen molar-refractivity contribution in [1.82, 2.24) is 4.90 Å². The Morgan fingerprint density at radius 2 is 1.65 bits per heavy atom. The van der Waals surface area contributed by atoms with Gasteiger partial charge in [-0.1, -0.05) is 0 Å². The molecule has 5 heteroatoms. The fourth-order valence-electron chi connectivity index (χ4n) is 2.66. The van der Waals surface area contributed by atoms with Gasteiger partial charge in [-0.3, -0.25) is 0 Å². The van der Waals surface area contributed by atoms with Crippen LogP contribution in [0, 0.1) is 0 Å². The van der Waals surface area contributed by atoms with Crippen LogP contribution < -0.4 is 9.47 Å². The van der Waals surface area contributed by atoms with Crippen molar-refractivity contribution in [3.8, 4) is 11.5 Å². The summed E-state index contributed by atoms with van der Waals surface area (Å²) in [7, 11) is 0. The van der Waals surface area contributed by atoms with Crippen LogP contribution in [0.1, 0.15) is 40.0 Å². The van der Waals surface area contributed by atoms with Crippen LogP contribution in [-0.4, -0.2) is 42.7 Å². The molecule has 23 heavy (non-hydrogen) atoms. The maximum absolute atomic E-state index is 12.2. The molecular formula is C18H27F2NO2. The smallest absolute Gasteiger partial charge is 0.239 e. The monoisotopic (exact) mass is 327 g/mol. The molecule has 0 radical (unpaired) electrons. The molecule has 1 fully saturated rings. The van der Waals surface area contributed by atoms with E-state index in [1.807, 2.05) is 45.0 Å². The summed E-state index contributed by atoms with van der Waals surface area (Å²) in [4.78, 5) is 2.09. The Morgan fingerprint density at radius 1 is 1.09 bits per heavy atom. The van der Waals surface area contributed by atoms with E-state index in [9.17, 15) is 8.78 Å². The van der Waals surface area contributed by atoms with Gasteiger partial charge in [0, 0.05) is 26.1 Å². The van der Waals surface area contributed by atoms with Crippen LogP contribution in [-0.2, 0) is 0 Å². The summed E-state index contributed by atoms with van der Waals surface area (Å²) < 4.78 is 36.2. The SMILES string of the molecule is CC(C)(C)Oc1ccc(OC2CCN(CCC(F)F)CC2)cc1. The highest BCUT2D eigenvalue weighted by molar-refractivity contribution is 5.31. The number of ether oxygens (including phenoxy) is 2. The zero-order chi connectivity index (χ0) is 16.9. The number of hydrogen-bond acceptors (Lipinski definition) is 3. The molecule has 0 spiro atoms. The maximum atomic E-state index is 12.2. The van der Waals surface area contributed by atoms with Crippen molar-refractivity contribution in [2.24, 2.45) is 0 Å². The number of hydrogen-bond donors (Lipinski definition) is 0. The predicted molar refractivity (Wildman–Crippen MR) is 87.5 cm³/mol. The van der Waals surface area contributed by atoms with Gasteiger partial charge < -0.3 is 14.4 Å². The molecule has 0 aliphatic carbocycles. The number of rotatable bonds is 6. The minimum Gasteiger partial charge on any atom is -0.490 e. The topological polar surface area (TPSA) is 21.7 Å². The Labute approximate surface area is 137 Å². The Balaban J connectivity index is 1.76. The number of piperidine rings is 1. The third-order valence-electron chi connectivity index (χ3n) is 3.75. The van der Waals surface area contributed by atoms with E-state index >= 15 is 0 Å². The van der Waals surface area contributed by atoms with Gasteiger partial charge in [-0.25, -0.2) is 8.78 Å². The second-order valence-corrected chi connectivity index (χ2v) is 7.02. The average molecular weight is 327 g/mol. The van der Waals surface area contributed by atoms with Gasteiger partial charge in [0.25, 0.3) is 0 Å². The third kappa shape index (κ3) is 6.73. The van der Waals surface area contributed by atoms with E-state index in [1.54, 1.807) is 0 Å². The molecular weight excluding hydrogens is 300 g/mol. The number of alkyl halides is 2. The van der Waals surface area contributed by atoms with Crippen LogP contribution in [0.3, 0.4) is 0 Å². The van der Waals surface area contributed by atoms with Gasteiger partial charge in [-0.2, -0.15) is 0 Å². The molecule has 1 aromatic carbocycles. The molecule has 0 atom stereocenters. The minimum atomic E-state index is -2.21. The largest absolute Gasteiger partial charge is 0.490 e. The molecule has 0 unspecified atom stereocenters. The van der Waals surface area contributed by atoms with Gasteiger partial charge >= 0.3 is 0 Å². The van der Waals surface area contributed by atoms with Gasteiger partial charge in [0.2, 0.25) is 6.43 Å². The van der Waals surface area contributed by atoms with Crippen molar-refractivity contribution in [3.63, 3.8) is 0 Å². The zero-order valence-corrected chi connectivity index (χ0v) is 14.2. The quantitative estimate of drug-likeness (QED) is 0.775. The molecule has 0 amide bonds. The number of nitrogens with zero attached hydrogens (tertiary/aromatic N) is 1. The van der Waals surface area contributed by atoms with E-state index in [0.717, 1.165) is 37.4 Å². The predicted octanol–water partition coefficient (Wildman–Crippen LogP) is 4.36. The lowest BCUT2D eigenvalue weighted by atomic mass is 10.1. The molecule has 0 aromatic heterocycles. The molecule has 2 rings (SSSR count). The maximum Gasteiger partial charge on any atom is 0.239 e. The Kier molecular flexibility index (Phi) is 6.22. The minimum absolute atomic E-state index is 0.0409. The molecule has 1 aliphatic heterocycles. The first-order valence-electron chi connectivity index (χ1n) is 8.28. The van der Waals surface area contributed by atoms with Gasteiger partial charge in [0.15, 0.2) is 0 Å². The van der Waals surface area contributed by atoms with Crippen LogP contribution in [0.5, 0.6) is 11.5 Å². The van der Waals surface area contributed by atoms with E-state index in [-0.39, 0.29) is 18.1 Å². The molecule has 1 aromatic rings. The summed E-state index contributed by atoms with van der Waals surface area (Å²) in [6.07, 6.45) is -0.335. The third-order valence-corrected chi connectivity index (χ3v) is 3.75. The standard InChI is InChI=1S/C18H27F2NO2/c1-18(2,3)23-16-6-4-14(5-7-16)22-15-8-11-21(12-9-15)13-10-17(19)20/h4-7,15,17H,8-13H2,1-3H3. The highest BCUT2D eigenvalue weighted by Gasteiger charge is 2.21. The molecule has 0 N–H and O–H groups in total. The number of halogens is 2. The lowest BCUT2D eigenvalue weighted by molar-refractivity contribution is 0.0764. The van der Waals surface area contributed by atoms with Gasteiger partial charge in [-0.05, 0) is 57.9 Å². The molecule has 0 saturated carbocycles. The van der Waals surface area contributed by atoms with E-state index < -0.39 is 6.43 Å². The highest BCUT2D eigenvalue weighted by atomic mass is 19.3. The number of benzene rings is 1. The first-order chi connectivity index (χ1) is 10.8. The fraction of sp³-hybridized carbons (Fsp3) is 0.667. The van der Waals surface area contributed by atoms with Crippen molar-refractivity contribution in [2.45, 2.75) is 58.2 Å². The van der Waals surface area contributed by atoms with Crippen molar-refractivity contribution in [1.29, 1.82) is 0 Å². The Morgan fingerprint density at radius 3 is 2.17 bits per heavy atom. The molecule has 1 saturated heterocycles. The summed E-state index contributed by atoms with van der Waals surface area (Å²) in [5, 5.41) is 0. The molecule has 1 aliphatic rings. The Hall–Kier alpha value is -1.36. The van der Waals surface area contributed by atoms with Crippen LogP contribution in [0.4, 0.5) is 8.78 Å². The molecule has 3 nitrogen and oxygen atoms in total. The summed E-state index contributed by atoms with van der Waals surface area (Å²) in [5.74, 6) is 1.66. The van der Waals surface area contributed by atoms with Gasteiger partial charge in [-0.15, -0.1) is 0 Å².